The van der Waals surface area contributed by atoms with Crippen LogP contribution in [0.25, 0.3) is 0 Å². The molecular weight excluding hydrogens is 352 g/mol. The number of halogens is 1. The van der Waals surface area contributed by atoms with Crippen molar-refractivity contribution in [2.45, 2.75) is 18.3 Å². The lowest BCUT2D eigenvalue weighted by molar-refractivity contribution is -0.150. The van der Waals surface area contributed by atoms with E-state index in [2.05, 4.69) is 0 Å². The predicted molar refractivity (Wildman–Crippen MR) is 92.7 cm³/mol. The van der Waals surface area contributed by atoms with Gasteiger partial charge in [0.2, 0.25) is 5.91 Å². The van der Waals surface area contributed by atoms with Gasteiger partial charge in [-0.25, -0.2) is 4.79 Å². The summed E-state index contributed by atoms with van der Waals surface area (Å²) in [7, 11) is 0. The van der Waals surface area contributed by atoms with Gasteiger partial charge in [-0.1, -0.05) is 30.3 Å². The highest BCUT2D eigenvalue weighted by Crippen LogP contribution is 2.39. The van der Waals surface area contributed by atoms with Crippen LogP contribution in [0.3, 0.4) is 0 Å². The number of carbonyl (C=O) groups excluding carboxylic acids is 3. The van der Waals surface area contributed by atoms with Crippen LogP contribution >= 0.6 is 24.2 Å². The Labute approximate surface area is 149 Å². The van der Waals surface area contributed by atoms with Crippen molar-refractivity contribution >= 4 is 41.8 Å². The van der Waals surface area contributed by atoms with E-state index in [0.29, 0.717) is 11.3 Å². The molecule has 6 nitrogen and oxygen atoms in total. The third-order valence-electron chi connectivity index (χ3n) is 3.82. The molecule has 0 unspecified atom stereocenters. The first-order valence-corrected chi connectivity index (χ1v) is 8.21. The van der Waals surface area contributed by atoms with Crippen molar-refractivity contribution < 1.29 is 19.1 Å². The minimum atomic E-state index is -0.655. The molecule has 1 aromatic carbocycles. The first-order valence-electron chi connectivity index (χ1n) is 7.16. The van der Waals surface area contributed by atoms with Crippen molar-refractivity contribution in [1.29, 1.82) is 0 Å². The van der Waals surface area contributed by atoms with Gasteiger partial charge >= 0.3 is 5.97 Å². The van der Waals surface area contributed by atoms with E-state index in [1.807, 2.05) is 0 Å². The van der Waals surface area contributed by atoms with Gasteiger partial charge in [-0.05, 0) is 12.5 Å². The molecular formula is C16H17ClN2O4S. The van der Waals surface area contributed by atoms with Gasteiger partial charge in [-0.15, -0.1) is 24.2 Å². The van der Waals surface area contributed by atoms with E-state index < -0.39 is 12.0 Å². The van der Waals surface area contributed by atoms with Gasteiger partial charge < -0.3 is 10.5 Å². The Bertz CT molecular complexity index is 707. The van der Waals surface area contributed by atoms with Crippen LogP contribution in [0.4, 0.5) is 0 Å². The van der Waals surface area contributed by atoms with E-state index in [4.69, 9.17) is 10.5 Å². The van der Waals surface area contributed by atoms with Gasteiger partial charge in [0.05, 0.1) is 0 Å². The Hall–Kier alpha value is -1.83. The van der Waals surface area contributed by atoms with Crippen molar-refractivity contribution in [3.8, 4) is 0 Å². The molecule has 0 bridgehead atoms. The number of hydrogen-bond donors (Lipinski definition) is 1. The van der Waals surface area contributed by atoms with Gasteiger partial charge in [0.25, 0.3) is 0 Å². The zero-order valence-electron chi connectivity index (χ0n) is 12.9. The molecule has 128 valence electrons. The minimum absolute atomic E-state index is 0. The van der Waals surface area contributed by atoms with Crippen LogP contribution in [0.15, 0.2) is 41.6 Å². The lowest BCUT2D eigenvalue weighted by Gasteiger charge is -2.48. The average Bonchev–Trinajstić information content (AvgIpc) is 2.59. The molecule has 3 rings (SSSR count). The molecule has 0 saturated carbocycles. The number of nitrogens with zero attached hydrogens (tertiary/aromatic N) is 1. The lowest BCUT2D eigenvalue weighted by atomic mass is 10.0. The molecule has 2 atom stereocenters. The van der Waals surface area contributed by atoms with E-state index in [9.17, 15) is 14.4 Å². The normalized spacial score (nSPS) is 22.2. The van der Waals surface area contributed by atoms with Crippen LogP contribution in [0, 0.1) is 0 Å². The molecule has 1 saturated heterocycles. The third kappa shape index (κ3) is 3.19. The highest BCUT2D eigenvalue weighted by Gasteiger charge is 2.51. The van der Waals surface area contributed by atoms with Crippen LogP contribution in [0.2, 0.25) is 0 Å². The number of benzene rings is 1. The van der Waals surface area contributed by atoms with Crippen LogP contribution in [-0.4, -0.2) is 46.3 Å². The number of nitrogens with two attached hydrogens (primary N) is 1. The number of ether oxygens (including phenoxy) is 1. The predicted octanol–water partition coefficient (Wildman–Crippen LogP) is 1.35. The molecule has 24 heavy (non-hydrogen) atoms. The Kier molecular flexibility index (Phi) is 5.69. The van der Waals surface area contributed by atoms with Gasteiger partial charge in [0.1, 0.15) is 17.1 Å². The summed E-state index contributed by atoms with van der Waals surface area (Å²) in [5.41, 5.74) is 7.20. The second-order valence-corrected chi connectivity index (χ2v) is 6.53. The topological polar surface area (TPSA) is 89.7 Å². The van der Waals surface area contributed by atoms with Crippen molar-refractivity contribution in [3.63, 3.8) is 0 Å². The molecule has 2 aliphatic rings. The SMILES string of the molecule is CC1=C(C(=O)OCC(=O)c2ccccc2)N2C(=O)[C@@H](N)[C@H]2SC1.Cl. The van der Waals surface area contributed by atoms with Crippen LogP contribution in [0.1, 0.15) is 17.3 Å². The number of fused-ring (bicyclic) bond motifs is 1. The Morgan fingerprint density at radius 1 is 1.33 bits per heavy atom. The summed E-state index contributed by atoms with van der Waals surface area (Å²) < 4.78 is 5.11. The molecule has 2 heterocycles. The highest BCUT2D eigenvalue weighted by molar-refractivity contribution is 8.00. The molecule has 0 spiro atoms. The smallest absolute Gasteiger partial charge is 0.355 e. The molecule has 0 aliphatic carbocycles. The summed E-state index contributed by atoms with van der Waals surface area (Å²) in [5, 5.41) is -0.224. The molecule has 1 aromatic rings. The molecule has 8 heteroatoms. The van der Waals surface area contributed by atoms with Crippen LogP contribution in [-0.2, 0) is 14.3 Å². The van der Waals surface area contributed by atoms with Crippen molar-refractivity contribution in [3.05, 3.63) is 47.2 Å². The quantitative estimate of drug-likeness (QED) is 0.490. The van der Waals surface area contributed by atoms with Crippen molar-refractivity contribution in [2.75, 3.05) is 12.4 Å². The summed E-state index contributed by atoms with van der Waals surface area (Å²) >= 11 is 1.52. The number of ketones is 1. The van der Waals surface area contributed by atoms with Gasteiger partial charge in [0, 0.05) is 11.3 Å². The second-order valence-electron chi connectivity index (χ2n) is 5.43. The summed E-state index contributed by atoms with van der Waals surface area (Å²) in [5.74, 6) is -0.620. The number of esters is 1. The van der Waals surface area contributed by atoms with Gasteiger partial charge in [-0.3, -0.25) is 14.5 Å². The number of rotatable bonds is 4. The molecule has 0 radical (unpaired) electrons. The molecule has 1 amide bonds. The number of Topliss-reactive ketones (excluding diaryl/α,β-unsaturated/α-hetero) is 1. The summed E-state index contributed by atoms with van der Waals surface area (Å²) in [4.78, 5) is 37.6. The maximum Gasteiger partial charge on any atom is 0.355 e. The van der Waals surface area contributed by atoms with E-state index in [0.717, 1.165) is 5.57 Å². The molecule has 1 fully saturated rings. The van der Waals surface area contributed by atoms with E-state index >= 15 is 0 Å². The second kappa shape index (κ2) is 7.38. The monoisotopic (exact) mass is 368 g/mol. The first kappa shape index (κ1) is 18.5. The van der Waals surface area contributed by atoms with Crippen LogP contribution in [0.5, 0.6) is 0 Å². The Morgan fingerprint density at radius 2 is 2.00 bits per heavy atom. The van der Waals surface area contributed by atoms with Crippen molar-refractivity contribution in [2.24, 2.45) is 5.73 Å². The molecule has 0 aromatic heterocycles. The fourth-order valence-corrected chi connectivity index (χ4v) is 3.81. The molecule has 2 N–H and O–H groups in total. The van der Waals surface area contributed by atoms with Crippen LogP contribution < -0.4 is 5.73 Å². The number of carbonyl (C=O) groups is 3. The average molecular weight is 369 g/mol. The summed E-state index contributed by atoms with van der Waals surface area (Å²) in [6, 6.07) is 8.02. The fourth-order valence-electron chi connectivity index (χ4n) is 2.57. The number of amides is 1. The van der Waals surface area contributed by atoms with Gasteiger partial charge in [0.15, 0.2) is 12.4 Å². The summed E-state index contributed by atoms with van der Waals surface area (Å²) in [6.45, 7) is 1.42. The zero-order valence-corrected chi connectivity index (χ0v) is 14.6. The number of β-lactam (4-membered cyclic amide) rings is 1. The number of thioether (sulfide) groups is 1. The Morgan fingerprint density at radius 3 is 2.67 bits per heavy atom. The van der Waals surface area contributed by atoms with E-state index in [-0.39, 0.29) is 41.8 Å². The lowest BCUT2D eigenvalue weighted by Crippen LogP contribution is -2.68. The maximum absolute atomic E-state index is 12.3. The maximum atomic E-state index is 12.3. The Balaban J connectivity index is 0.00000208. The van der Waals surface area contributed by atoms with E-state index in [1.54, 1.807) is 37.3 Å². The number of hydrogen-bond acceptors (Lipinski definition) is 6. The zero-order chi connectivity index (χ0) is 16.6. The standard InChI is InChI=1S/C16H16N2O4S.ClH/c1-9-8-23-15-12(17)14(20)18(15)13(9)16(21)22-7-11(19)10-5-3-2-4-6-10;/h2-6,12,15H,7-8,17H2,1H3;1H/t12-,15-;/m1./s1. The molecule has 2 aliphatic heterocycles. The first-order chi connectivity index (χ1) is 11.0. The highest BCUT2D eigenvalue weighted by atomic mass is 35.5. The van der Waals surface area contributed by atoms with Gasteiger partial charge in [-0.2, -0.15) is 0 Å². The summed E-state index contributed by atoms with van der Waals surface area (Å²) in [6.07, 6.45) is 0. The van der Waals surface area contributed by atoms with Crippen molar-refractivity contribution in [1.82, 2.24) is 4.90 Å². The largest absolute Gasteiger partial charge is 0.453 e. The third-order valence-corrected chi connectivity index (χ3v) is 5.27. The minimum Gasteiger partial charge on any atom is -0.453 e. The fraction of sp³-hybridized carbons (Fsp3) is 0.312. The van der Waals surface area contributed by atoms with E-state index in [1.165, 1.54) is 16.7 Å².